The Kier molecular flexibility index (Phi) is 5.74. The van der Waals surface area contributed by atoms with Crippen LogP contribution in [-0.4, -0.2) is 32.1 Å². The van der Waals surface area contributed by atoms with Crippen molar-refractivity contribution in [1.82, 2.24) is 10.6 Å². The van der Waals surface area contributed by atoms with Gasteiger partial charge in [-0.1, -0.05) is 30.3 Å². The van der Waals surface area contributed by atoms with Crippen LogP contribution in [0.3, 0.4) is 0 Å². The van der Waals surface area contributed by atoms with Gasteiger partial charge < -0.3 is 15.4 Å². The number of benzene rings is 1. The molecule has 5 heteroatoms. The molecule has 0 heterocycles. The molecular formula is C12H16N2O3. The minimum absolute atomic E-state index is 0.0327. The predicted octanol–water partition coefficient (Wildman–Crippen LogP) is 0.0654. The molecule has 0 aliphatic carbocycles. The number of nitrogens with one attached hydrogen (secondary N) is 2. The quantitative estimate of drug-likeness (QED) is 0.734. The molecule has 1 aromatic rings. The van der Waals surface area contributed by atoms with Crippen LogP contribution in [0.4, 0.5) is 0 Å². The van der Waals surface area contributed by atoms with Crippen molar-refractivity contribution in [2.24, 2.45) is 0 Å². The van der Waals surface area contributed by atoms with Gasteiger partial charge in [0, 0.05) is 13.7 Å². The number of methoxy groups -OCH3 is 1. The van der Waals surface area contributed by atoms with Crippen LogP contribution in [0.5, 0.6) is 0 Å². The molecule has 1 aromatic carbocycles. The zero-order valence-corrected chi connectivity index (χ0v) is 9.73. The fraction of sp³-hybridized carbons (Fsp3) is 0.333. The Morgan fingerprint density at radius 1 is 1.12 bits per heavy atom. The van der Waals surface area contributed by atoms with Crippen LogP contribution in [-0.2, 0) is 20.9 Å². The Morgan fingerprint density at radius 2 is 1.82 bits per heavy atom. The van der Waals surface area contributed by atoms with E-state index in [1.165, 1.54) is 7.11 Å². The number of carbonyl (C=O) groups is 2. The highest BCUT2D eigenvalue weighted by molar-refractivity contribution is 5.85. The van der Waals surface area contributed by atoms with E-state index in [9.17, 15) is 9.59 Å². The Bertz CT molecular complexity index is 365. The summed E-state index contributed by atoms with van der Waals surface area (Å²) in [5.41, 5.74) is 1.02. The molecule has 0 atom stereocenters. The van der Waals surface area contributed by atoms with Crippen molar-refractivity contribution in [3.05, 3.63) is 35.9 Å². The molecule has 0 bridgehead atoms. The first-order valence-corrected chi connectivity index (χ1v) is 5.28. The van der Waals surface area contributed by atoms with Crippen molar-refractivity contribution in [3.8, 4) is 0 Å². The van der Waals surface area contributed by atoms with Crippen LogP contribution >= 0.6 is 0 Å². The van der Waals surface area contributed by atoms with Crippen molar-refractivity contribution in [2.75, 3.05) is 20.3 Å². The summed E-state index contributed by atoms with van der Waals surface area (Å²) in [4.78, 5) is 22.4. The van der Waals surface area contributed by atoms with Gasteiger partial charge in [0.15, 0.2) is 0 Å². The fourth-order valence-electron chi connectivity index (χ4n) is 1.22. The Morgan fingerprint density at radius 3 is 2.47 bits per heavy atom. The molecule has 1 rings (SSSR count). The second-order valence-corrected chi connectivity index (χ2v) is 3.47. The summed E-state index contributed by atoms with van der Waals surface area (Å²) in [6, 6.07) is 9.56. The first-order chi connectivity index (χ1) is 8.22. The largest absolute Gasteiger partial charge is 0.375 e. The predicted molar refractivity (Wildman–Crippen MR) is 63.2 cm³/mol. The molecule has 0 saturated heterocycles. The molecule has 0 aliphatic heterocycles. The molecule has 0 fully saturated rings. The summed E-state index contributed by atoms with van der Waals surface area (Å²) in [5, 5.41) is 5.15. The highest BCUT2D eigenvalue weighted by Crippen LogP contribution is 1.96. The summed E-state index contributed by atoms with van der Waals surface area (Å²) in [7, 11) is 1.43. The van der Waals surface area contributed by atoms with E-state index < -0.39 is 0 Å². The molecule has 0 aliphatic rings. The standard InChI is InChI=1S/C12H16N2O3/c1-17-9-12(16)14-8-11(15)13-7-10-5-3-2-4-6-10/h2-6H,7-9H2,1H3,(H,13,15)(H,14,16). The second kappa shape index (κ2) is 7.40. The van der Waals surface area contributed by atoms with Crippen molar-refractivity contribution in [2.45, 2.75) is 6.54 Å². The zero-order chi connectivity index (χ0) is 12.5. The van der Waals surface area contributed by atoms with Crippen LogP contribution in [0.2, 0.25) is 0 Å². The molecule has 0 spiro atoms. The van der Waals surface area contributed by atoms with Gasteiger partial charge in [-0.05, 0) is 5.56 Å². The van der Waals surface area contributed by atoms with Crippen LogP contribution in [0.1, 0.15) is 5.56 Å². The average molecular weight is 236 g/mol. The van der Waals surface area contributed by atoms with Gasteiger partial charge in [-0.25, -0.2) is 0 Å². The normalized spacial score (nSPS) is 9.71. The van der Waals surface area contributed by atoms with Gasteiger partial charge in [0.25, 0.3) is 0 Å². The van der Waals surface area contributed by atoms with E-state index in [2.05, 4.69) is 15.4 Å². The number of hydrogen-bond acceptors (Lipinski definition) is 3. The molecule has 17 heavy (non-hydrogen) atoms. The summed E-state index contributed by atoms with van der Waals surface area (Å²) in [6.45, 7) is 0.390. The van der Waals surface area contributed by atoms with E-state index in [-0.39, 0.29) is 25.0 Å². The van der Waals surface area contributed by atoms with Crippen molar-refractivity contribution < 1.29 is 14.3 Å². The third kappa shape index (κ3) is 5.67. The first-order valence-electron chi connectivity index (χ1n) is 5.28. The SMILES string of the molecule is COCC(=O)NCC(=O)NCc1ccccc1. The smallest absolute Gasteiger partial charge is 0.246 e. The van der Waals surface area contributed by atoms with E-state index in [1.54, 1.807) is 0 Å². The number of amides is 2. The third-order valence-electron chi connectivity index (χ3n) is 2.05. The molecule has 0 saturated carbocycles. The Balaban J connectivity index is 2.20. The van der Waals surface area contributed by atoms with E-state index in [1.807, 2.05) is 30.3 Å². The maximum absolute atomic E-state index is 11.4. The van der Waals surface area contributed by atoms with Gasteiger partial charge in [-0.15, -0.1) is 0 Å². The maximum atomic E-state index is 11.4. The summed E-state index contributed by atoms with van der Waals surface area (Å²) in [5.74, 6) is -0.527. The molecule has 0 radical (unpaired) electrons. The van der Waals surface area contributed by atoms with Crippen LogP contribution in [0, 0.1) is 0 Å². The lowest BCUT2D eigenvalue weighted by atomic mass is 10.2. The zero-order valence-electron chi connectivity index (χ0n) is 9.73. The lowest BCUT2D eigenvalue weighted by Crippen LogP contribution is -2.38. The highest BCUT2D eigenvalue weighted by atomic mass is 16.5. The van der Waals surface area contributed by atoms with Gasteiger partial charge in [0.1, 0.15) is 6.61 Å². The summed E-state index contributed by atoms with van der Waals surface area (Å²) in [6.07, 6.45) is 0. The fourth-order valence-corrected chi connectivity index (χ4v) is 1.22. The molecule has 5 nitrogen and oxygen atoms in total. The average Bonchev–Trinajstić information content (AvgIpc) is 2.35. The Hall–Kier alpha value is -1.88. The van der Waals surface area contributed by atoms with Crippen molar-refractivity contribution in [3.63, 3.8) is 0 Å². The second-order valence-electron chi connectivity index (χ2n) is 3.47. The minimum Gasteiger partial charge on any atom is -0.375 e. The molecule has 0 unspecified atom stereocenters. The van der Waals surface area contributed by atoms with E-state index >= 15 is 0 Å². The van der Waals surface area contributed by atoms with Crippen molar-refractivity contribution >= 4 is 11.8 Å². The number of hydrogen-bond donors (Lipinski definition) is 2. The van der Waals surface area contributed by atoms with Gasteiger partial charge in [-0.3, -0.25) is 9.59 Å². The van der Waals surface area contributed by atoms with Gasteiger partial charge >= 0.3 is 0 Å². The monoisotopic (exact) mass is 236 g/mol. The maximum Gasteiger partial charge on any atom is 0.246 e. The van der Waals surface area contributed by atoms with Crippen molar-refractivity contribution in [1.29, 1.82) is 0 Å². The van der Waals surface area contributed by atoms with Gasteiger partial charge in [0.2, 0.25) is 11.8 Å². The Labute approximate surface area is 100 Å². The van der Waals surface area contributed by atoms with Crippen LogP contribution < -0.4 is 10.6 Å². The van der Waals surface area contributed by atoms with E-state index in [0.29, 0.717) is 6.54 Å². The van der Waals surface area contributed by atoms with Gasteiger partial charge in [-0.2, -0.15) is 0 Å². The molecule has 0 aromatic heterocycles. The molecule has 92 valence electrons. The summed E-state index contributed by atoms with van der Waals surface area (Å²) < 4.78 is 4.62. The summed E-state index contributed by atoms with van der Waals surface area (Å²) >= 11 is 0. The number of ether oxygens (including phenoxy) is 1. The molecule has 2 N–H and O–H groups in total. The molecular weight excluding hydrogens is 220 g/mol. The van der Waals surface area contributed by atoms with Crippen LogP contribution in [0.15, 0.2) is 30.3 Å². The number of carbonyl (C=O) groups excluding carboxylic acids is 2. The van der Waals surface area contributed by atoms with Crippen LogP contribution in [0.25, 0.3) is 0 Å². The third-order valence-corrected chi connectivity index (χ3v) is 2.05. The topological polar surface area (TPSA) is 67.4 Å². The minimum atomic E-state index is -0.303. The molecule has 2 amide bonds. The first kappa shape index (κ1) is 13.2. The van der Waals surface area contributed by atoms with Gasteiger partial charge in [0.05, 0.1) is 6.54 Å². The lowest BCUT2D eigenvalue weighted by molar-refractivity contribution is -0.128. The lowest BCUT2D eigenvalue weighted by Gasteiger charge is -2.06. The van der Waals surface area contributed by atoms with E-state index in [4.69, 9.17) is 0 Å². The number of rotatable bonds is 6. The highest BCUT2D eigenvalue weighted by Gasteiger charge is 2.04. The van der Waals surface area contributed by atoms with E-state index in [0.717, 1.165) is 5.56 Å².